The molecule has 2 aromatic heterocycles. The van der Waals surface area contributed by atoms with Crippen molar-refractivity contribution in [3.63, 3.8) is 0 Å². The van der Waals surface area contributed by atoms with Crippen molar-refractivity contribution in [2.24, 2.45) is 0 Å². The minimum atomic E-state index is 0.0862. The second kappa shape index (κ2) is 3.53. The van der Waals surface area contributed by atoms with Crippen LogP contribution >= 0.6 is 0 Å². The van der Waals surface area contributed by atoms with E-state index in [-0.39, 0.29) is 5.88 Å². The van der Waals surface area contributed by atoms with E-state index < -0.39 is 0 Å². The first kappa shape index (κ1) is 8.80. The zero-order valence-corrected chi connectivity index (χ0v) is 7.91. The normalized spacial score (nSPS) is 10.6. The van der Waals surface area contributed by atoms with Gasteiger partial charge in [0.15, 0.2) is 0 Å². The molecule has 5 nitrogen and oxygen atoms in total. The Balaban J connectivity index is 2.33. The Kier molecular flexibility index (Phi) is 2.22. The summed E-state index contributed by atoms with van der Waals surface area (Å²) in [5.41, 5.74) is 1.63. The van der Waals surface area contributed by atoms with Crippen molar-refractivity contribution in [1.82, 2.24) is 20.2 Å². The summed E-state index contributed by atoms with van der Waals surface area (Å²) in [4.78, 5) is 7.08. The molecule has 0 saturated carbocycles. The third kappa shape index (κ3) is 1.48. The highest BCUT2D eigenvalue weighted by atomic mass is 16.3. The molecule has 0 atom stereocenters. The lowest BCUT2D eigenvalue weighted by Crippen LogP contribution is -1.83. The number of aromatic hydroxyl groups is 1. The molecule has 74 valence electrons. The summed E-state index contributed by atoms with van der Waals surface area (Å²) in [7, 11) is 0. The summed E-state index contributed by atoms with van der Waals surface area (Å²) < 4.78 is 0. The lowest BCUT2D eigenvalue weighted by Gasteiger charge is -1.91. The average molecular weight is 192 g/mol. The van der Waals surface area contributed by atoms with E-state index in [4.69, 9.17) is 0 Å². The van der Waals surface area contributed by atoms with E-state index in [2.05, 4.69) is 27.1 Å². The second-order valence-corrected chi connectivity index (χ2v) is 3.12. The van der Waals surface area contributed by atoms with Gasteiger partial charge >= 0.3 is 0 Å². The molecular formula is C9H12N4O. The van der Waals surface area contributed by atoms with Crippen molar-refractivity contribution in [1.29, 1.82) is 0 Å². The van der Waals surface area contributed by atoms with Crippen LogP contribution in [0, 0.1) is 0 Å². The number of hydrogen-bond acceptors (Lipinski definition) is 3. The zero-order valence-electron chi connectivity index (χ0n) is 7.91. The largest absolute Gasteiger partial charge is 0.492 e. The SMILES string of the molecule is CCCc1[nH]c(-c2cn[nH]c2)nc1O. The number of hydrogen-bond donors (Lipinski definition) is 3. The van der Waals surface area contributed by atoms with Gasteiger partial charge in [-0.1, -0.05) is 13.3 Å². The van der Waals surface area contributed by atoms with E-state index in [1.807, 2.05) is 0 Å². The van der Waals surface area contributed by atoms with E-state index in [1.54, 1.807) is 12.4 Å². The molecule has 0 bridgehead atoms. The number of imidazole rings is 1. The third-order valence-corrected chi connectivity index (χ3v) is 2.03. The van der Waals surface area contributed by atoms with Gasteiger partial charge in [0.2, 0.25) is 5.88 Å². The Morgan fingerprint density at radius 1 is 1.50 bits per heavy atom. The molecule has 0 aliphatic heterocycles. The number of nitrogens with one attached hydrogen (secondary N) is 2. The van der Waals surface area contributed by atoms with E-state index in [9.17, 15) is 5.11 Å². The molecular weight excluding hydrogens is 180 g/mol. The lowest BCUT2D eigenvalue weighted by atomic mass is 10.3. The predicted octanol–water partition coefficient (Wildman–Crippen LogP) is 1.46. The van der Waals surface area contributed by atoms with E-state index >= 15 is 0 Å². The molecule has 2 aromatic rings. The first-order valence-corrected chi connectivity index (χ1v) is 4.58. The summed E-state index contributed by atoms with van der Waals surface area (Å²) in [5, 5.41) is 16.0. The summed E-state index contributed by atoms with van der Waals surface area (Å²) in [6.07, 6.45) is 5.17. The van der Waals surface area contributed by atoms with Crippen molar-refractivity contribution in [3.8, 4) is 17.3 Å². The fourth-order valence-corrected chi connectivity index (χ4v) is 1.34. The van der Waals surface area contributed by atoms with Gasteiger partial charge in [0.1, 0.15) is 5.82 Å². The fraction of sp³-hybridized carbons (Fsp3) is 0.333. The first-order chi connectivity index (χ1) is 6.81. The Bertz CT molecular complexity index is 404. The monoisotopic (exact) mass is 192 g/mol. The molecule has 0 fully saturated rings. The van der Waals surface area contributed by atoms with Crippen molar-refractivity contribution in [2.45, 2.75) is 19.8 Å². The Morgan fingerprint density at radius 2 is 2.36 bits per heavy atom. The van der Waals surface area contributed by atoms with Gasteiger partial charge in [-0.2, -0.15) is 10.1 Å². The fourth-order valence-electron chi connectivity index (χ4n) is 1.34. The van der Waals surface area contributed by atoms with Crippen molar-refractivity contribution in [2.75, 3.05) is 0 Å². The molecule has 5 heteroatoms. The Labute approximate surface area is 81.2 Å². The summed E-state index contributed by atoms with van der Waals surface area (Å²) in [6, 6.07) is 0. The first-order valence-electron chi connectivity index (χ1n) is 4.58. The molecule has 2 rings (SSSR count). The highest BCUT2D eigenvalue weighted by molar-refractivity contribution is 5.53. The van der Waals surface area contributed by atoms with Gasteiger partial charge in [0.25, 0.3) is 0 Å². The van der Waals surface area contributed by atoms with Crippen molar-refractivity contribution >= 4 is 0 Å². The van der Waals surface area contributed by atoms with Crippen LogP contribution in [0.2, 0.25) is 0 Å². The maximum absolute atomic E-state index is 9.49. The third-order valence-electron chi connectivity index (χ3n) is 2.03. The summed E-state index contributed by atoms with van der Waals surface area (Å²) >= 11 is 0. The molecule has 0 spiro atoms. The second-order valence-electron chi connectivity index (χ2n) is 3.12. The summed E-state index contributed by atoms with van der Waals surface area (Å²) in [5.74, 6) is 0.739. The van der Waals surface area contributed by atoms with Gasteiger partial charge in [0, 0.05) is 6.20 Å². The highest BCUT2D eigenvalue weighted by Crippen LogP contribution is 2.21. The topological polar surface area (TPSA) is 77.6 Å². The predicted molar refractivity (Wildman–Crippen MR) is 51.8 cm³/mol. The number of aromatic nitrogens is 4. The van der Waals surface area contributed by atoms with Gasteiger partial charge in [-0.3, -0.25) is 5.10 Å². The number of aryl methyl sites for hydroxylation is 1. The zero-order chi connectivity index (χ0) is 9.97. The molecule has 0 amide bonds. The maximum atomic E-state index is 9.49. The van der Waals surface area contributed by atoms with Crippen LogP contribution in [0.1, 0.15) is 19.0 Å². The smallest absolute Gasteiger partial charge is 0.232 e. The minimum absolute atomic E-state index is 0.0862. The molecule has 0 saturated heterocycles. The number of rotatable bonds is 3. The minimum Gasteiger partial charge on any atom is -0.492 e. The van der Waals surface area contributed by atoms with Gasteiger partial charge in [0.05, 0.1) is 17.5 Å². The highest BCUT2D eigenvalue weighted by Gasteiger charge is 2.09. The van der Waals surface area contributed by atoms with Crippen molar-refractivity contribution < 1.29 is 5.11 Å². The number of nitrogens with zero attached hydrogens (tertiary/aromatic N) is 2. The molecule has 0 aliphatic carbocycles. The van der Waals surface area contributed by atoms with E-state index in [1.165, 1.54) is 0 Å². The maximum Gasteiger partial charge on any atom is 0.232 e. The number of H-pyrrole nitrogens is 2. The van der Waals surface area contributed by atoms with Crippen LogP contribution in [0.15, 0.2) is 12.4 Å². The van der Waals surface area contributed by atoms with Gasteiger partial charge < -0.3 is 10.1 Å². The van der Waals surface area contributed by atoms with Crippen LogP contribution in [0.5, 0.6) is 5.88 Å². The molecule has 0 unspecified atom stereocenters. The van der Waals surface area contributed by atoms with Crippen LogP contribution < -0.4 is 0 Å². The van der Waals surface area contributed by atoms with E-state index in [0.717, 1.165) is 24.1 Å². The molecule has 2 heterocycles. The molecule has 0 aliphatic rings. The summed E-state index contributed by atoms with van der Waals surface area (Å²) in [6.45, 7) is 2.05. The van der Waals surface area contributed by atoms with Crippen LogP contribution in [0.4, 0.5) is 0 Å². The van der Waals surface area contributed by atoms with Gasteiger partial charge in [-0.05, 0) is 6.42 Å². The average Bonchev–Trinajstić information content (AvgIpc) is 2.76. The van der Waals surface area contributed by atoms with Crippen LogP contribution in [0.25, 0.3) is 11.4 Å². The number of aromatic amines is 2. The lowest BCUT2D eigenvalue weighted by molar-refractivity contribution is 0.449. The molecule has 0 aromatic carbocycles. The quantitative estimate of drug-likeness (QED) is 0.688. The molecule has 14 heavy (non-hydrogen) atoms. The van der Waals surface area contributed by atoms with Crippen LogP contribution in [0.3, 0.4) is 0 Å². The Morgan fingerprint density at radius 3 is 3.00 bits per heavy atom. The molecule has 0 radical (unpaired) electrons. The van der Waals surface area contributed by atoms with E-state index in [0.29, 0.717) is 5.82 Å². The van der Waals surface area contributed by atoms with Crippen LogP contribution in [-0.4, -0.2) is 25.3 Å². The van der Waals surface area contributed by atoms with Gasteiger partial charge in [-0.25, -0.2) is 0 Å². The molecule has 3 N–H and O–H groups in total. The Hall–Kier alpha value is -1.78. The van der Waals surface area contributed by atoms with Crippen LogP contribution in [-0.2, 0) is 6.42 Å². The van der Waals surface area contributed by atoms with Gasteiger partial charge in [-0.15, -0.1) is 0 Å². The van der Waals surface area contributed by atoms with Crippen molar-refractivity contribution in [3.05, 3.63) is 18.1 Å². The standard InChI is InChI=1S/C9H12N4O/c1-2-3-7-9(14)13-8(12-7)6-4-10-11-5-6/h4-5,14H,2-3H2,1H3,(H,10,11)(H,12,13).